The van der Waals surface area contributed by atoms with Gasteiger partial charge in [-0.1, -0.05) is 0 Å². The molecule has 1 N–H and O–H groups in total. The van der Waals surface area contributed by atoms with Crippen molar-refractivity contribution >= 4 is 23.5 Å². The molecule has 1 nitrogen and oxygen atoms in total. The van der Waals surface area contributed by atoms with Gasteiger partial charge >= 0.3 is 0 Å². The van der Waals surface area contributed by atoms with Gasteiger partial charge in [0, 0.05) is 0 Å². The highest BCUT2D eigenvalue weighted by Crippen LogP contribution is 2.96. The van der Waals surface area contributed by atoms with Gasteiger partial charge in [-0.15, -0.1) is 23.5 Å². The van der Waals surface area contributed by atoms with E-state index in [-0.39, 0.29) is 9.68 Å². The quantitative estimate of drug-likeness (QED) is 0.734. The summed E-state index contributed by atoms with van der Waals surface area (Å²) in [6.45, 7) is 0. The molecule has 0 aromatic rings. The van der Waals surface area contributed by atoms with E-state index >= 15 is 0 Å². The fourth-order valence-corrected chi connectivity index (χ4v) is 13.0. The Hall–Kier alpha value is 0.660. The highest BCUT2D eigenvalue weighted by molar-refractivity contribution is 8.19. The Kier molecular flexibility index (Phi) is 1.25. The predicted octanol–water partition coefficient (Wildman–Crippen LogP) is 2.30. The standard InChI is InChI=1S/C15H18OS2/c16-14-11-6-4-5-7-8(6)12(14)10(7)13(9(5)11)15(14)17-2-1-3-18-15/h5-13,16H,1-4H2/t5-,6?,7?,8?,9?,10?,11?,12?,13-,14-/m0/s1. The van der Waals surface area contributed by atoms with Crippen LogP contribution < -0.4 is 0 Å². The van der Waals surface area contributed by atoms with Crippen LogP contribution in [0.15, 0.2) is 0 Å². The van der Waals surface area contributed by atoms with E-state index in [2.05, 4.69) is 23.5 Å². The first-order chi connectivity index (χ1) is 8.81. The lowest BCUT2D eigenvalue weighted by molar-refractivity contribution is -0.0756. The minimum absolute atomic E-state index is 0.222. The van der Waals surface area contributed by atoms with E-state index < -0.39 is 0 Å². The monoisotopic (exact) mass is 278 g/mol. The molecular formula is C15H18OS2. The molecule has 7 saturated carbocycles. The van der Waals surface area contributed by atoms with Crippen LogP contribution in [0.4, 0.5) is 0 Å². The van der Waals surface area contributed by atoms with Gasteiger partial charge in [0.1, 0.15) is 0 Å². The summed E-state index contributed by atoms with van der Waals surface area (Å²) < 4.78 is 0.271. The number of hydrogen-bond acceptors (Lipinski definition) is 3. The van der Waals surface area contributed by atoms with E-state index in [1.165, 1.54) is 24.3 Å². The highest BCUT2D eigenvalue weighted by Gasteiger charge is 2.97. The summed E-state index contributed by atoms with van der Waals surface area (Å²) in [5.74, 6) is 11.1. The van der Waals surface area contributed by atoms with Crippen molar-refractivity contribution in [3.63, 3.8) is 0 Å². The average molecular weight is 278 g/mol. The summed E-state index contributed by atoms with van der Waals surface area (Å²) in [7, 11) is 0. The SMILES string of the molecule is O[C@]12C3C4C5C[C@H]6C4C3[C@H](C6C51)C21SCCCS1. The van der Waals surface area contributed by atoms with E-state index in [0.717, 1.165) is 53.3 Å². The first kappa shape index (κ1) is 9.57. The lowest BCUT2D eigenvalue weighted by Crippen LogP contribution is -2.53. The fraction of sp³-hybridized carbons (Fsp3) is 1.00. The van der Waals surface area contributed by atoms with Crippen LogP contribution in [-0.4, -0.2) is 26.3 Å². The van der Waals surface area contributed by atoms with Gasteiger partial charge in [-0.05, 0) is 77.6 Å². The average Bonchev–Trinajstić information content (AvgIpc) is 2.96. The van der Waals surface area contributed by atoms with Crippen LogP contribution >= 0.6 is 23.5 Å². The number of aliphatic hydroxyl groups is 1. The zero-order valence-corrected chi connectivity index (χ0v) is 11.9. The van der Waals surface area contributed by atoms with Crippen LogP contribution in [0.1, 0.15) is 12.8 Å². The molecule has 0 radical (unpaired) electrons. The number of rotatable bonds is 0. The van der Waals surface area contributed by atoms with Gasteiger partial charge in [-0.25, -0.2) is 0 Å². The summed E-state index contributed by atoms with van der Waals surface area (Å²) in [5, 5.41) is 11.8. The molecule has 1 spiro atoms. The first-order valence-electron chi connectivity index (χ1n) is 7.81. The van der Waals surface area contributed by atoms with E-state index in [9.17, 15) is 5.11 Å². The summed E-state index contributed by atoms with van der Waals surface area (Å²) in [6.07, 6.45) is 2.88. The van der Waals surface area contributed by atoms with E-state index in [0.29, 0.717) is 0 Å². The topological polar surface area (TPSA) is 20.2 Å². The second-order valence-electron chi connectivity index (χ2n) is 7.99. The molecule has 1 saturated heterocycles. The van der Waals surface area contributed by atoms with Crippen LogP contribution in [0.3, 0.4) is 0 Å². The molecular weight excluding hydrogens is 260 g/mol. The van der Waals surface area contributed by atoms with Crippen LogP contribution in [0, 0.1) is 53.3 Å². The van der Waals surface area contributed by atoms with Crippen molar-refractivity contribution in [2.75, 3.05) is 11.5 Å². The molecule has 10 atom stereocenters. The van der Waals surface area contributed by atoms with Gasteiger partial charge in [0.2, 0.25) is 0 Å². The van der Waals surface area contributed by atoms with Crippen LogP contribution in [0.2, 0.25) is 0 Å². The van der Waals surface area contributed by atoms with Gasteiger partial charge in [-0.2, -0.15) is 0 Å². The number of thioether (sulfide) groups is 2. The minimum Gasteiger partial charge on any atom is -0.387 e. The van der Waals surface area contributed by atoms with Crippen LogP contribution in [0.5, 0.6) is 0 Å². The Bertz CT molecular complexity index is 501. The molecule has 1 heterocycles. The Morgan fingerprint density at radius 3 is 2.50 bits per heavy atom. The lowest BCUT2D eigenvalue weighted by Gasteiger charge is -2.47. The second-order valence-corrected chi connectivity index (χ2v) is 10.9. The summed E-state index contributed by atoms with van der Waals surface area (Å²) in [5.41, 5.74) is -0.222. The van der Waals surface area contributed by atoms with Crippen molar-refractivity contribution in [3.8, 4) is 0 Å². The third-order valence-corrected chi connectivity index (χ3v) is 12.1. The van der Waals surface area contributed by atoms with Gasteiger partial charge in [0.25, 0.3) is 0 Å². The third-order valence-electron chi connectivity index (χ3n) is 8.39. The molecule has 0 aromatic heterocycles. The van der Waals surface area contributed by atoms with E-state index in [1.54, 1.807) is 0 Å². The molecule has 3 heteroatoms. The van der Waals surface area contributed by atoms with Gasteiger partial charge < -0.3 is 5.11 Å². The van der Waals surface area contributed by atoms with Crippen LogP contribution in [-0.2, 0) is 0 Å². The molecule has 4 bridgehead atoms. The molecule has 8 aliphatic rings. The Balaban J connectivity index is 1.56. The van der Waals surface area contributed by atoms with E-state index in [4.69, 9.17) is 0 Å². The van der Waals surface area contributed by atoms with Gasteiger partial charge in [0.15, 0.2) is 0 Å². The maximum Gasteiger partial charge on any atom is 0.0954 e. The maximum absolute atomic E-state index is 11.8. The predicted molar refractivity (Wildman–Crippen MR) is 73.2 cm³/mol. The van der Waals surface area contributed by atoms with Crippen molar-refractivity contribution in [3.05, 3.63) is 0 Å². The molecule has 7 aliphatic carbocycles. The normalized spacial score (nSPS) is 78.2. The molecule has 8 fully saturated rings. The fourth-order valence-electron chi connectivity index (χ4n) is 8.80. The molecule has 0 aromatic carbocycles. The Morgan fingerprint density at radius 1 is 0.833 bits per heavy atom. The van der Waals surface area contributed by atoms with Gasteiger partial charge in [-0.3, -0.25) is 0 Å². The largest absolute Gasteiger partial charge is 0.387 e. The molecule has 1 aliphatic heterocycles. The molecule has 0 amide bonds. The van der Waals surface area contributed by atoms with Gasteiger partial charge in [0.05, 0.1) is 9.68 Å². The van der Waals surface area contributed by atoms with E-state index in [1.807, 2.05) is 0 Å². The Morgan fingerprint density at radius 2 is 1.67 bits per heavy atom. The zero-order valence-electron chi connectivity index (χ0n) is 10.3. The zero-order chi connectivity index (χ0) is 11.4. The van der Waals surface area contributed by atoms with Crippen molar-refractivity contribution in [1.29, 1.82) is 0 Å². The second kappa shape index (κ2) is 2.35. The third kappa shape index (κ3) is 0.557. The molecule has 7 unspecified atom stereocenters. The molecule has 8 rings (SSSR count). The van der Waals surface area contributed by atoms with Crippen molar-refractivity contribution < 1.29 is 5.11 Å². The number of hydrogen-bond donors (Lipinski definition) is 1. The van der Waals surface area contributed by atoms with Crippen molar-refractivity contribution in [1.82, 2.24) is 0 Å². The summed E-state index contributed by atoms with van der Waals surface area (Å²) >= 11 is 4.39. The Labute approximate surface area is 116 Å². The van der Waals surface area contributed by atoms with Crippen molar-refractivity contribution in [2.45, 2.75) is 22.5 Å². The first-order valence-corrected chi connectivity index (χ1v) is 9.78. The smallest absolute Gasteiger partial charge is 0.0954 e. The lowest BCUT2D eigenvalue weighted by atomic mass is 9.59. The van der Waals surface area contributed by atoms with Crippen LogP contribution in [0.25, 0.3) is 0 Å². The maximum atomic E-state index is 11.8. The summed E-state index contributed by atoms with van der Waals surface area (Å²) in [6, 6.07) is 0. The molecule has 18 heavy (non-hydrogen) atoms. The summed E-state index contributed by atoms with van der Waals surface area (Å²) in [4.78, 5) is 0. The minimum atomic E-state index is -0.222. The van der Waals surface area contributed by atoms with Crippen molar-refractivity contribution in [2.24, 2.45) is 53.3 Å². The molecule has 96 valence electrons. The highest BCUT2D eigenvalue weighted by atomic mass is 32.2.